The molecule has 86 valence electrons. The Bertz CT molecular complexity index is 386. The van der Waals surface area contributed by atoms with Crippen molar-refractivity contribution in [3.8, 4) is 0 Å². The Balaban J connectivity index is 2.38. The molecule has 2 rings (SSSR count). The Kier molecular flexibility index (Phi) is 3.15. The van der Waals surface area contributed by atoms with Gasteiger partial charge >= 0.3 is 0 Å². The van der Waals surface area contributed by atoms with Crippen molar-refractivity contribution >= 4 is 5.57 Å². The van der Waals surface area contributed by atoms with Crippen molar-refractivity contribution in [1.29, 1.82) is 0 Å². The van der Waals surface area contributed by atoms with Gasteiger partial charge in [0, 0.05) is 12.0 Å². The number of hydrogen-bond acceptors (Lipinski definition) is 1. The van der Waals surface area contributed by atoms with Crippen LogP contribution < -0.4 is 5.73 Å². The number of nitrogens with two attached hydrogens (primary N) is 1. The van der Waals surface area contributed by atoms with Crippen LogP contribution in [-0.4, -0.2) is 6.54 Å². The summed E-state index contributed by atoms with van der Waals surface area (Å²) >= 11 is 0. The summed E-state index contributed by atoms with van der Waals surface area (Å²) in [6.45, 7) is 6.84. The maximum absolute atomic E-state index is 6.00. The molecule has 0 bridgehead atoms. The van der Waals surface area contributed by atoms with E-state index in [1.165, 1.54) is 36.8 Å². The van der Waals surface area contributed by atoms with Crippen LogP contribution in [0.1, 0.15) is 43.7 Å². The summed E-state index contributed by atoms with van der Waals surface area (Å²) in [5.74, 6) is 0. The highest BCUT2D eigenvalue weighted by atomic mass is 14.6. The normalized spacial score (nSPS) is 18.6. The average molecular weight is 215 g/mol. The van der Waals surface area contributed by atoms with Crippen LogP contribution >= 0.6 is 0 Å². The van der Waals surface area contributed by atoms with E-state index in [1.807, 2.05) is 0 Å². The van der Waals surface area contributed by atoms with E-state index in [-0.39, 0.29) is 5.41 Å². The average Bonchev–Trinajstić information content (AvgIpc) is 2.79. The Morgan fingerprint density at radius 1 is 1.38 bits per heavy atom. The SMILES string of the molecule is C=C(C)c1cccc(C2(CN)CCCC2)c1. The molecule has 0 heterocycles. The fourth-order valence-corrected chi connectivity index (χ4v) is 2.78. The van der Waals surface area contributed by atoms with Crippen LogP contribution in [0.3, 0.4) is 0 Å². The summed E-state index contributed by atoms with van der Waals surface area (Å²) in [5.41, 5.74) is 10.0. The Morgan fingerprint density at radius 3 is 2.62 bits per heavy atom. The molecule has 0 unspecified atom stereocenters. The highest BCUT2D eigenvalue weighted by Gasteiger charge is 2.34. The lowest BCUT2D eigenvalue weighted by Gasteiger charge is -2.28. The highest BCUT2D eigenvalue weighted by Crippen LogP contribution is 2.40. The van der Waals surface area contributed by atoms with Crippen LogP contribution in [-0.2, 0) is 5.41 Å². The van der Waals surface area contributed by atoms with Gasteiger partial charge in [-0.2, -0.15) is 0 Å². The molecule has 1 nitrogen and oxygen atoms in total. The van der Waals surface area contributed by atoms with Crippen molar-refractivity contribution in [3.63, 3.8) is 0 Å². The topological polar surface area (TPSA) is 26.0 Å². The summed E-state index contributed by atoms with van der Waals surface area (Å²) in [7, 11) is 0. The Hall–Kier alpha value is -1.08. The van der Waals surface area contributed by atoms with Crippen LogP contribution in [0.15, 0.2) is 30.8 Å². The number of allylic oxidation sites excluding steroid dienone is 1. The van der Waals surface area contributed by atoms with Gasteiger partial charge in [0.2, 0.25) is 0 Å². The molecule has 1 aliphatic rings. The molecule has 1 fully saturated rings. The smallest absolute Gasteiger partial charge is 0.00757 e. The third-order valence-corrected chi connectivity index (χ3v) is 3.92. The first-order valence-corrected chi connectivity index (χ1v) is 6.14. The van der Waals surface area contributed by atoms with Gasteiger partial charge in [0.05, 0.1) is 0 Å². The van der Waals surface area contributed by atoms with Crippen LogP contribution in [0.25, 0.3) is 5.57 Å². The van der Waals surface area contributed by atoms with Crippen LogP contribution in [0.2, 0.25) is 0 Å². The van der Waals surface area contributed by atoms with Gasteiger partial charge < -0.3 is 5.73 Å². The second-order valence-electron chi connectivity index (χ2n) is 5.05. The van der Waals surface area contributed by atoms with Crippen molar-refractivity contribution in [2.24, 2.45) is 5.73 Å². The second-order valence-corrected chi connectivity index (χ2v) is 5.05. The first-order valence-electron chi connectivity index (χ1n) is 6.14. The molecule has 1 aliphatic carbocycles. The maximum atomic E-state index is 6.00. The van der Waals surface area contributed by atoms with Crippen LogP contribution in [0, 0.1) is 0 Å². The third kappa shape index (κ3) is 1.92. The van der Waals surface area contributed by atoms with Gasteiger partial charge in [-0.1, -0.05) is 49.3 Å². The fraction of sp³-hybridized carbons (Fsp3) is 0.467. The molecule has 0 radical (unpaired) electrons. The molecule has 1 heteroatoms. The van der Waals surface area contributed by atoms with E-state index in [9.17, 15) is 0 Å². The minimum Gasteiger partial charge on any atom is -0.330 e. The van der Waals surface area contributed by atoms with Crippen LogP contribution in [0.5, 0.6) is 0 Å². The van der Waals surface area contributed by atoms with Crippen molar-refractivity contribution in [3.05, 3.63) is 42.0 Å². The lowest BCUT2D eigenvalue weighted by Crippen LogP contribution is -2.32. The van der Waals surface area contributed by atoms with E-state index in [4.69, 9.17) is 5.73 Å². The zero-order chi connectivity index (χ0) is 11.6. The van der Waals surface area contributed by atoms with Crippen LogP contribution in [0.4, 0.5) is 0 Å². The molecule has 1 aromatic rings. The molecule has 0 aromatic heterocycles. The fourth-order valence-electron chi connectivity index (χ4n) is 2.78. The molecule has 0 aliphatic heterocycles. The number of rotatable bonds is 3. The molecular formula is C15H21N. The summed E-state index contributed by atoms with van der Waals surface area (Å²) in [6, 6.07) is 8.77. The van der Waals surface area contributed by atoms with Crippen molar-refractivity contribution in [2.75, 3.05) is 6.54 Å². The van der Waals surface area contributed by atoms with Gasteiger partial charge in [0.25, 0.3) is 0 Å². The van der Waals surface area contributed by atoms with Crippen molar-refractivity contribution in [2.45, 2.75) is 38.0 Å². The zero-order valence-electron chi connectivity index (χ0n) is 10.1. The highest BCUT2D eigenvalue weighted by molar-refractivity contribution is 5.62. The number of benzene rings is 1. The quantitative estimate of drug-likeness (QED) is 0.820. The monoisotopic (exact) mass is 215 g/mol. The standard InChI is InChI=1S/C15H21N/c1-12(2)13-6-5-7-14(10-13)15(11-16)8-3-4-9-15/h5-7,10H,1,3-4,8-9,11,16H2,2H3. The molecule has 0 saturated heterocycles. The second kappa shape index (κ2) is 4.42. The lowest BCUT2D eigenvalue weighted by molar-refractivity contribution is 0.453. The molecule has 0 spiro atoms. The maximum Gasteiger partial charge on any atom is 0.00757 e. The molecule has 1 aromatic carbocycles. The zero-order valence-corrected chi connectivity index (χ0v) is 10.1. The summed E-state index contributed by atoms with van der Waals surface area (Å²) in [5, 5.41) is 0. The van der Waals surface area contributed by atoms with Gasteiger partial charge in [0.1, 0.15) is 0 Å². The van der Waals surface area contributed by atoms with Gasteiger partial charge in [-0.3, -0.25) is 0 Å². The van der Waals surface area contributed by atoms with Gasteiger partial charge in [-0.15, -0.1) is 0 Å². The van der Waals surface area contributed by atoms with Crippen molar-refractivity contribution in [1.82, 2.24) is 0 Å². The van der Waals surface area contributed by atoms with E-state index >= 15 is 0 Å². The van der Waals surface area contributed by atoms with Crippen molar-refractivity contribution < 1.29 is 0 Å². The van der Waals surface area contributed by atoms with E-state index in [0.717, 1.165) is 12.1 Å². The van der Waals surface area contributed by atoms with E-state index in [2.05, 4.69) is 37.8 Å². The molecule has 1 saturated carbocycles. The largest absolute Gasteiger partial charge is 0.330 e. The summed E-state index contributed by atoms with van der Waals surface area (Å²) in [4.78, 5) is 0. The lowest BCUT2D eigenvalue weighted by atomic mass is 9.78. The van der Waals surface area contributed by atoms with Gasteiger partial charge in [0.15, 0.2) is 0 Å². The first-order chi connectivity index (χ1) is 7.68. The minimum absolute atomic E-state index is 0.242. The predicted octanol–water partition coefficient (Wildman–Crippen LogP) is 3.49. The Labute approximate surface area is 98.4 Å². The summed E-state index contributed by atoms with van der Waals surface area (Å²) in [6.07, 6.45) is 5.11. The van der Waals surface area contributed by atoms with E-state index < -0.39 is 0 Å². The molecular weight excluding hydrogens is 194 g/mol. The molecule has 0 atom stereocenters. The Morgan fingerprint density at radius 2 is 2.06 bits per heavy atom. The molecule has 16 heavy (non-hydrogen) atoms. The number of hydrogen-bond donors (Lipinski definition) is 1. The van der Waals surface area contributed by atoms with Gasteiger partial charge in [-0.05, 0) is 30.9 Å². The minimum atomic E-state index is 0.242. The third-order valence-electron chi connectivity index (χ3n) is 3.92. The van der Waals surface area contributed by atoms with Gasteiger partial charge in [-0.25, -0.2) is 0 Å². The molecule has 2 N–H and O–H groups in total. The van der Waals surface area contributed by atoms with E-state index in [1.54, 1.807) is 0 Å². The van der Waals surface area contributed by atoms with E-state index in [0.29, 0.717) is 0 Å². The molecule has 0 amide bonds. The summed E-state index contributed by atoms with van der Waals surface area (Å²) < 4.78 is 0. The predicted molar refractivity (Wildman–Crippen MR) is 70.4 cm³/mol. The first kappa shape index (κ1) is 11.4.